The Balaban J connectivity index is 2.42. The van der Waals surface area contributed by atoms with E-state index in [4.69, 9.17) is 9.84 Å². The molecule has 9 heteroatoms. The molecule has 0 aliphatic carbocycles. The van der Waals surface area contributed by atoms with Crippen LogP contribution in [0.4, 0.5) is 0 Å². The van der Waals surface area contributed by atoms with Crippen LogP contribution in [0.25, 0.3) is 0 Å². The second-order valence-corrected chi connectivity index (χ2v) is 4.73. The number of aliphatic hydroxyl groups excluding tert-OH is 3. The Morgan fingerprint density at radius 1 is 1.39 bits per heavy atom. The molecule has 2 heterocycles. The van der Waals surface area contributed by atoms with E-state index in [1.54, 1.807) is 0 Å². The Hall–Kier alpha value is -1.00. The van der Waals surface area contributed by atoms with Crippen LogP contribution in [0, 0.1) is 0 Å². The minimum atomic E-state index is -1.38. The second kappa shape index (κ2) is 4.94. The van der Waals surface area contributed by atoms with E-state index in [1.165, 1.54) is 0 Å². The normalized spacial score (nSPS) is 31.8. The van der Waals surface area contributed by atoms with E-state index in [-0.39, 0.29) is 4.47 Å². The molecule has 1 aliphatic heterocycles. The third-order valence-electron chi connectivity index (χ3n) is 2.72. The molecule has 100 valence electrons. The minimum Gasteiger partial charge on any atom is -0.394 e. The fraction of sp³-hybridized carbons (Fsp3) is 0.556. The highest BCUT2D eigenvalue weighted by Gasteiger charge is 2.43. The quantitative estimate of drug-likeness (QED) is 0.495. The van der Waals surface area contributed by atoms with Crippen LogP contribution in [-0.4, -0.2) is 49.8 Å². The zero-order chi connectivity index (χ0) is 13.4. The average molecular weight is 323 g/mol. The van der Waals surface area contributed by atoms with Crippen molar-refractivity contribution in [1.29, 1.82) is 0 Å². The number of aromatic nitrogens is 2. The van der Waals surface area contributed by atoms with Gasteiger partial charge in [0.25, 0.3) is 5.56 Å². The zero-order valence-corrected chi connectivity index (χ0v) is 10.6. The molecule has 4 N–H and O–H groups in total. The van der Waals surface area contributed by atoms with Crippen molar-refractivity contribution in [3.8, 4) is 0 Å². The molecular formula is C9H11BrN2O6. The highest BCUT2D eigenvalue weighted by molar-refractivity contribution is 9.10. The molecule has 4 atom stereocenters. The average Bonchev–Trinajstić information content (AvgIpc) is 2.61. The fourth-order valence-corrected chi connectivity index (χ4v) is 2.08. The highest BCUT2D eigenvalue weighted by atomic mass is 79.9. The van der Waals surface area contributed by atoms with Gasteiger partial charge < -0.3 is 20.1 Å². The lowest BCUT2D eigenvalue weighted by Crippen LogP contribution is -2.38. The SMILES string of the molecule is O=c1[nH]c(=O)n([C@@H]2O[C@H](CO)C(O)[C@@H]2O)cc1Br. The van der Waals surface area contributed by atoms with E-state index >= 15 is 0 Å². The summed E-state index contributed by atoms with van der Waals surface area (Å²) in [4.78, 5) is 24.8. The van der Waals surface area contributed by atoms with E-state index in [9.17, 15) is 19.8 Å². The molecule has 0 spiro atoms. The molecule has 1 unspecified atom stereocenters. The number of rotatable bonds is 2. The van der Waals surface area contributed by atoms with Gasteiger partial charge in [-0.1, -0.05) is 0 Å². The molecule has 2 rings (SSSR count). The summed E-state index contributed by atoms with van der Waals surface area (Å²) < 4.78 is 6.19. The van der Waals surface area contributed by atoms with Gasteiger partial charge in [0.2, 0.25) is 0 Å². The van der Waals surface area contributed by atoms with Crippen molar-refractivity contribution in [1.82, 2.24) is 9.55 Å². The molecule has 1 aromatic rings. The van der Waals surface area contributed by atoms with E-state index < -0.39 is 42.4 Å². The van der Waals surface area contributed by atoms with Crippen molar-refractivity contribution >= 4 is 15.9 Å². The molecule has 0 radical (unpaired) electrons. The van der Waals surface area contributed by atoms with Crippen LogP contribution in [0.1, 0.15) is 6.23 Å². The van der Waals surface area contributed by atoms with Crippen molar-refractivity contribution in [3.63, 3.8) is 0 Å². The maximum atomic E-state index is 11.6. The van der Waals surface area contributed by atoms with Crippen molar-refractivity contribution in [2.24, 2.45) is 0 Å². The third-order valence-corrected chi connectivity index (χ3v) is 3.28. The Bertz CT molecular complexity index is 555. The lowest BCUT2D eigenvalue weighted by Gasteiger charge is -2.17. The molecule has 1 fully saturated rings. The summed E-state index contributed by atoms with van der Waals surface area (Å²) in [6, 6.07) is 0. The molecule has 0 aromatic carbocycles. The van der Waals surface area contributed by atoms with Crippen LogP contribution in [-0.2, 0) is 4.74 Å². The van der Waals surface area contributed by atoms with E-state index in [0.29, 0.717) is 0 Å². The van der Waals surface area contributed by atoms with Gasteiger partial charge in [-0.15, -0.1) is 0 Å². The molecule has 1 saturated heterocycles. The number of aromatic amines is 1. The Morgan fingerprint density at radius 3 is 2.61 bits per heavy atom. The summed E-state index contributed by atoms with van der Waals surface area (Å²) in [5.74, 6) is 0. The van der Waals surface area contributed by atoms with Gasteiger partial charge in [-0.3, -0.25) is 14.3 Å². The maximum absolute atomic E-state index is 11.6. The van der Waals surface area contributed by atoms with E-state index in [1.807, 2.05) is 4.98 Å². The summed E-state index contributed by atoms with van der Waals surface area (Å²) in [6.07, 6.45) is -3.68. The maximum Gasteiger partial charge on any atom is 0.330 e. The first-order chi connectivity index (χ1) is 8.45. The Labute approximate surface area is 109 Å². The van der Waals surface area contributed by atoms with Gasteiger partial charge in [0.1, 0.15) is 18.3 Å². The fourth-order valence-electron chi connectivity index (χ4n) is 1.76. The van der Waals surface area contributed by atoms with Gasteiger partial charge >= 0.3 is 5.69 Å². The van der Waals surface area contributed by atoms with Crippen LogP contribution in [0.3, 0.4) is 0 Å². The number of hydrogen-bond acceptors (Lipinski definition) is 6. The molecular weight excluding hydrogens is 312 g/mol. The Kier molecular flexibility index (Phi) is 3.69. The van der Waals surface area contributed by atoms with Crippen LogP contribution in [0.2, 0.25) is 0 Å². The first-order valence-corrected chi connectivity index (χ1v) is 5.88. The zero-order valence-electron chi connectivity index (χ0n) is 8.99. The number of aliphatic hydroxyl groups is 3. The molecule has 0 bridgehead atoms. The number of ether oxygens (including phenoxy) is 1. The molecule has 8 nitrogen and oxygen atoms in total. The molecule has 18 heavy (non-hydrogen) atoms. The largest absolute Gasteiger partial charge is 0.394 e. The first kappa shape index (κ1) is 13.4. The third kappa shape index (κ3) is 2.15. The first-order valence-electron chi connectivity index (χ1n) is 5.09. The summed E-state index contributed by atoms with van der Waals surface area (Å²) in [5, 5.41) is 28.3. The highest BCUT2D eigenvalue weighted by Crippen LogP contribution is 2.28. The predicted molar refractivity (Wildman–Crippen MR) is 62.0 cm³/mol. The standard InChI is InChI=1S/C9H11BrN2O6/c10-3-1-12(9(17)11-7(3)16)8-6(15)5(14)4(2-13)18-8/h1,4-6,8,13-15H,2H2,(H,11,16,17)/t4-,5?,6+,8-/m1/s1. The number of nitrogens with zero attached hydrogens (tertiary/aromatic N) is 1. The smallest absolute Gasteiger partial charge is 0.330 e. The van der Waals surface area contributed by atoms with Crippen molar-refractivity contribution in [3.05, 3.63) is 31.5 Å². The minimum absolute atomic E-state index is 0.0832. The van der Waals surface area contributed by atoms with Crippen molar-refractivity contribution in [2.45, 2.75) is 24.5 Å². The van der Waals surface area contributed by atoms with Gasteiger partial charge in [-0.25, -0.2) is 4.79 Å². The number of halogens is 1. The summed E-state index contributed by atoms with van der Waals surface area (Å²) in [6.45, 7) is -0.492. The second-order valence-electron chi connectivity index (χ2n) is 3.87. The molecule has 1 aliphatic rings. The molecule has 0 saturated carbocycles. The summed E-state index contributed by atoms with van der Waals surface area (Å²) in [7, 11) is 0. The van der Waals surface area contributed by atoms with Gasteiger partial charge in [-0.2, -0.15) is 0 Å². The van der Waals surface area contributed by atoms with E-state index in [2.05, 4.69) is 15.9 Å². The monoisotopic (exact) mass is 322 g/mol. The van der Waals surface area contributed by atoms with Crippen molar-refractivity contribution < 1.29 is 20.1 Å². The summed E-state index contributed by atoms with van der Waals surface area (Å²) >= 11 is 2.94. The van der Waals surface area contributed by atoms with Gasteiger partial charge in [0.05, 0.1) is 11.1 Å². The number of H-pyrrole nitrogens is 1. The van der Waals surface area contributed by atoms with Gasteiger partial charge in [-0.05, 0) is 15.9 Å². The van der Waals surface area contributed by atoms with E-state index in [0.717, 1.165) is 10.8 Å². The van der Waals surface area contributed by atoms with Crippen LogP contribution in [0.15, 0.2) is 20.3 Å². The van der Waals surface area contributed by atoms with Crippen molar-refractivity contribution in [2.75, 3.05) is 6.61 Å². The topological polar surface area (TPSA) is 125 Å². The van der Waals surface area contributed by atoms with Crippen LogP contribution >= 0.6 is 15.9 Å². The summed E-state index contributed by atoms with van der Waals surface area (Å²) in [5.41, 5.74) is -1.39. The molecule has 0 amide bonds. The number of hydrogen-bond donors (Lipinski definition) is 4. The van der Waals surface area contributed by atoms with Crippen LogP contribution < -0.4 is 11.2 Å². The van der Waals surface area contributed by atoms with Crippen LogP contribution in [0.5, 0.6) is 0 Å². The lowest BCUT2D eigenvalue weighted by atomic mass is 10.1. The van der Waals surface area contributed by atoms with Gasteiger partial charge in [0.15, 0.2) is 6.23 Å². The predicted octanol–water partition coefficient (Wildman–Crippen LogP) is -2.09. The molecule has 1 aromatic heterocycles. The Morgan fingerprint density at radius 2 is 2.06 bits per heavy atom. The number of nitrogens with one attached hydrogen (secondary N) is 1. The lowest BCUT2D eigenvalue weighted by molar-refractivity contribution is -0.0551. The van der Waals surface area contributed by atoms with Gasteiger partial charge in [0, 0.05) is 6.20 Å².